The number of rotatable bonds is 22. The highest BCUT2D eigenvalue weighted by atomic mass is 32.2. The first kappa shape index (κ1) is 39.8. The van der Waals surface area contributed by atoms with Crippen LogP contribution in [0.1, 0.15) is 49.3 Å². The fourth-order valence-electron chi connectivity index (χ4n) is 5.94. The molecular formula is C35H53N9O6S. The number of carboxylic acids is 2. The zero-order valence-corrected chi connectivity index (χ0v) is 30.5. The van der Waals surface area contributed by atoms with Crippen LogP contribution in [0.3, 0.4) is 0 Å². The van der Waals surface area contributed by atoms with Crippen LogP contribution in [-0.2, 0) is 32.2 Å². The summed E-state index contributed by atoms with van der Waals surface area (Å²) in [5.74, 6) is -1.82. The highest BCUT2D eigenvalue weighted by Crippen LogP contribution is 2.25. The average molecular weight is 728 g/mol. The number of nitrogen functional groups attached to an aromatic ring is 1. The van der Waals surface area contributed by atoms with Crippen LogP contribution in [0.2, 0.25) is 0 Å². The standard InChI is InChI=1S/C35H53N9O6S/c1-3-4-5-9-38-32-31-28(40-35(37)41-32)8-11-44(31)22-26-7-6-25(19-24(26)2)21-43-14-12-42(13-15-43)16-18-50-17-10-39-33(47)29(20-30(45)46)51-23-27(36)34(48)49/h6-8,11,19,27,29H,3-5,9-10,12-18,20-23,36H2,1-2H3,(H,39,47)(H,45,46)(H,48,49)(H3,37,38,40,41)/t27-,29-/m0/s1. The number of carboxylic acid groups (broad SMARTS) is 2. The Hall–Kier alpha value is -3.96. The van der Waals surface area contributed by atoms with Crippen molar-refractivity contribution >= 4 is 52.4 Å². The second-order valence-electron chi connectivity index (χ2n) is 12.9. The van der Waals surface area contributed by atoms with Crippen molar-refractivity contribution in [3.8, 4) is 0 Å². The molecule has 0 radical (unpaired) electrons. The number of nitrogens with one attached hydrogen (secondary N) is 2. The molecule has 0 spiro atoms. The maximum absolute atomic E-state index is 12.4. The van der Waals surface area contributed by atoms with Gasteiger partial charge in [-0.2, -0.15) is 4.98 Å². The minimum atomic E-state index is -1.20. The van der Waals surface area contributed by atoms with E-state index in [-0.39, 0.29) is 18.2 Å². The molecule has 0 aliphatic carbocycles. The summed E-state index contributed by atoms with van der Waals surface area (Å²) in [4.78, 5) is 48.3. The molecule has 15 nitrogen and oxygen atoms in total. The Kier molecular flexibility index (Phi) is 15.8. The molecule has 0 bridgehead atoms. The molecule has 2 atom stereocenters. The number of fused-ring (bicyclic) bond motifs is 1. The number of hydrogen-bond donors (Lipinski definition) is 6. The third kappa shape index (κ3) is 12.6. The van der Waals surface area contributed by atoms with Crippen LogP contribution in [0.15, 0.2) is 30.5 Å². The second kappa shape index (κ2) is 20.2. The first-order valence-corrected chi connectivity index (χ1v) is 18.7. The van der Waals surface area contributed by atoms with Crippen LogP contribution in [0.5, 0.6) is 0 Å². The molecule has 8 N–H and O–H groups in total. The monoisotopic (exact) mass is 727 g/mol. The van der Waals surface area contributed by atoms with Crippen molar-refractivity contribution in [2.24, 2.45) is 5.73 Å². The van der Waals surface area contributed by atoms with Crippen LogP contribution in [0, 0.1) is 6.92 Å². The Balaban J connectivity index is 1.16. The number of aryl methyl sites for hydroxylation is 1. The number of amides is 1. The molecule has 0 saturated carbocycles. The molecular weight excluding hydrogens is 675 g/mol. The van der Waals surface area contributed by atoms with Gasteiger partial charge in [0.05, 0.1) is 30.4 Å². The first-order chi connectivity index (χ1) is 24.5. The number of benzene rings is 1. The highest BCUT2D eigenvalue weighted by molar-refractivity contribution is 8.00. The fraction of sp³-hybridized carbons (Fsp3) is 0.571. The number of ether oxygens (including phenoxy) is 1. The van der Waals surface area contributed by atoms with Crippen molar-refractivity contribution in [3.63, 3.8) is 0 Å². The highest BCUT2D eigenvalue weighted by Gasteiger charge is 2.24. The number of nitrogens with zero attached hydrogens (tertiary/aromatic N) is 5. The minimum absolute atomic E-state index is 0.0608. The second-order valence-corrected chi connectivity index (χ2v) is 14.1. The number of carbonyl (C=O) groups excluding carboxylic acids is 1. The Bertz CT molecular complexity index is 1600. The van der Waals surface area contributed by atoms with E-state index in [1.165, 1.54) is 16.7 Å². The summed E-state index contributed by atoms with van der Waals surface area (Å²) in [6.45, 7) is 12.4. The van der Waals surface area contributed by atoms with Crippen molar-refractivity contribution in [2.75, 3.05) is 75.8 Å². The summed E-state index contributed by atoms with van der Waals surface area (Å²) in [6, 6.07) is 7.55. The smallest absolute Gasteiger partial charge is 0.321 e. The van der Waals surface area contributed by atoms with Gasteiger partial charge in [-0.05, 0) is 36.1 Å². The molecule has 16 heteroatoms. The average Bonchev–Trinajstić information content (AvgIpc) is 3.50. The van der Waals surface area contributed by atoms with Crippen molar-refractivity contribution < 1.29 is 29.3 Å². The molecule has 1 amide bonds. The number of unbranched alkanes of at least 4 members (excludes halogenated alkanes) is 2. The lowest BCUT2D eigenvalue weighted by Crippen LogP contribution is -2.46. The van der Waals surface area contributed by atoms with Gasteiger partial charge in [0.2, 0.25) is 11.9 Å². The van der Waals surface area contributed by atoms with Crippen LogP contribution in [0.4, 0.5) is 11.8 Å². The molecule has 1 aliphatic heterocycles. The summed E-state index contributed by atoms with van der Waals surface area (Å²) in [5.41, 5.74) is 17.1. The normalized spacial score (nSPS) is 15.1. The van der Waals surface area contributed by atoms with E-state index in [2.05, 4.69) is 73.2 Å². The van der Waals surface area contributed by atoms with Crippen LogP contribution >= 0.6 is 11.8 Å². The molecule has 1 aromatic carbocycles. The van der Waals surface area contributed by atoms with E-state index in [1.54, 1.807) is 0 Å². The predicted octanol–water partition coefficient (Wildman–Crippen LogP) is 2.21. The molecule has 1 saturated heterocycles. The molecule has 1 aliphatic rings. The fourth-order valence-corrected chi connectivity index (χ4v) is 7.02. The van der Waals surface area contributed by atoms with Gasteiger partial charge in [-0.3, -0.25) is 24.2 Å². The first-order valence-electron chi connectivity index (χ1n) is 17.6. The van der Waals surface area contributed by atoms with Crippen LogP contribution < -0.4 is 22.1 Å². The van der Waals surface area contributed by atoms with E-state index >= 15 is 0 Å². The lowest BCUT2D eigenvalue weighted by Gasteiger charge is -2.34. The van der Waals surface area contributed by atoms with Gasteiger partial charge in [-0.25, -0.2) is 4.98 Å². The Morgan fingerprint density at radius 3 is 2.49 bits per heavy atom. The number of aliphatic carboxylic acids is 2. The van der Waals surface area contributed by atoms with Gasteiger partial charge < -0.3 is 41.6 Å². The van der Waals surface area contributed by atoms with Crippen molar-refractivity contribution in [1.82, 2.24) is 29.7 Å². The molecule has 3 heterocycles. The zero-order chi connectivity index (χ0) is 36.8. The predicted molar refractivity (Wildman–Crippen MR) is 200 cm³/mol. The van der Waals surface area contributed by atoms with Gasteiger partial charge in [-0.1, -0.05) is 38.0 Å². The number of hydrogen-bond acceptors (Lipinski definition) is 12. The molecule has 0 unspecified atom stereocenters. The van der Waals surface area contributed by atoms with Crippen molar-refractivity contribution in [3.05, 3.63) is 47.2 Å². The van der Waals surface area contributed by atoms with E-state index in [0.717, 1.165) is 93.7 Å². The topological polar surface area (TPSA) is 214 Å². The van der Waals surface area contributed by atoms with Crippen LogP contribution in [-0.4, -0.2) is 128 Å². The quantitative estimate of drug-likeness (QED) is 0.0820. The SMILES string of the molecule is CCCCCNc1nc(N)nc2ccn(Cc3ccc(CN4CCN(CCOCCNC(=O)[C@H](CC(=O)O)SC[C@H](N)C(=O)O)CC4)cc3C)c12. The number of aromatic nitrogens is 3. The largest absolute Gasteiger partial charge is 0.481 e. The van der Waals surface area contributed by atoms with Gasteiger partial charge in [0.1, 0.15) is 11.6 Å². The van der Waals surface area contributed by atoms with E-state index in [4.69, 9.17) is 26.4 Å². The molecule has 1 fully saturated rings. The van der Waals surface area contributed by atoms with E-state index in [9.17, 15) is 14.4 Å². The third-order valence-electron chi connectivity index (χ3n) is 8.86. The number of thioether (sulfide) groups is 1. The van der Waals surface area contributed by atoms with Crippen LogP contribution in [0.25, 0.3) is 11.0 Å². The van der Waals surface area contributed by atoms with Gasteiger partial charge in [-0.15, -0.1) is 11.8 Å². The number of piperazine rings is 1. The zero-order valence-electron chi connectivity index (χ0n) is 29.7. The lowest BCUT2D eigenvalue weighted by molar-refractivity contribution is -0.138. The lowest BCUT2D eigenvalue weighted by atomic mass is 10.0. The maximum atomic E-state index is 12.4. The maximum Gasteiger partial charge on any atom is 0.321 e. The number of nitrogens with two attached hydrogens (primary N) is 2. The summed E-state index contributed by atoms with van der Waals surface area (Å²) >= 11 is 0.927. The molecule has 2 aromatic heterocycles. The molecule has 280 valence electrons. The Morgan fingerprint density at radius 1 is 1.02 bits per heavy atom. The summed E-state index contributed by atoms with van der Waals surface area (Å²) in [6.07, 6.45) is 5.03. The summed E-state index contributed by atoms with van der Waals surface area (Å²) in [7, 11) is 0. The Labute approximate surface area is 303 Å². The Morgan fingerprint density at radius 2 is 1.78 bits per heavy atom. The number of carbonyl (C=O) groups is 3. The van der Waals surface area contributed by atoms with Crippen molar-refractivity contribution in [1.29, 1.82) is 0 Å². The molecule has 4 rings (SSSR count). The molecule has 3 aromatic rings. The van der Waals surface area contributed by atoms with E-state index < -0.39 is 35.6 Å². The third-order valence-corrected chi connectivity index (χ3v) is 10.2. The van der Waals surface area contributed by atoms with Gasteiger partial charge >= 0.3 is 11.9 Å². The molecule has 51 heavy (non-hydrogen) atoms. The van der Waals surface area contributed by atoms with Crippen molar-refractivity contribution in [2.45, 2.75) is 63.9 Å². The van der Waals surface area contributed by atoms with Gasteiger partial charge in [0.15, 0.2) is 5.82 Å². The van der Waals surface area contributed by atoms with E-state index in [0.29, 0.717) is 19.8 Å². The number of anilines is 2. The van der Waals surface area contributed by atoms with E-state index in [1.807, 2.05) is 6.07 Å². The minimum Gasteiger partial charge on any atom is -0.481 e. The van der Waals surface area contributed by atoms with Gasteiger partial charge in [0, 0.05) is 70.9 Å². The summed E-state index contributed by atoms with van der Waals surface area (Å²) < 4.78 is 7.91. The van der Waals surface area contributed by atoms with Gasteiger partial charge in [0.25, 0.3) is 0 Å². The summed E-state index contributed by atoms with van der Waals surface area (Å²) in [5, 5.41) is 23.3.